The Morgan fingerprint density at radius 2 is 1.80 bits per heavy atom. The number of aromatic hydroxyl groups is 1. The first-order valence-corrected chi connectivity index (χ1v) is 6.37. The number of carboxylic acid groups (broad SMARTS) is 1. The smallest absolute Gasteiger partial charge is 0.326 e. The van der Waals surface area contributed by atoms with Gasteiger partial charge in [0.25, 0.3) is 0 Å². The Morgan fingerprint density at radius 1 is 1.25 bits per heavy atom. The first-order chi connectivity index (χ1) is 9.31. The summed E-state index contributed by atoms with van der Waals surface area (Å²) in [4.78, 5) is 24.4. The minimum Gasteiger partial charge on any atom is -0.508 e. The van der Waals surface area contributed by atoms with Crippen LogP contribution in [0.2, 0.25) is 0 Å². The van der Waals surface area contributed by atoms with E-state index in [0.29, 0.717) is 12.1 Å². The maximum Gasteiger partial charge on any atom is 0.326 e. The third kappa shape index (κ3) is 4.46. The summed E-state index contributed by atoms with van der Waals surface area (Å²) in [6, 6.07) is 4.66. The predicted molar refractivity (Wildman–Crippen MR) is 75.9 cm³/mol. The number of carboxylic acids is 1. The lowest BCUT2D eigenvalue weighted by atomic mass is 10.0. The van der Waals surface area contributed by atoms with E-state index < -0.39 is 18.0 Å². The minimum absolute atomic E-state index is 0.103. The van der Waals surface area contributed by atoms with Crippen LogP contribution in [0, 0.1) is 5.92 Å². The van der Waals surface area contributed by atoms with Gasteiger partial charge >= 0.3 is 12.0 Å². The van der Waals surface area contributed by atoms with Crippen LogP contribution in [-0.4, -0.2) is 35.3 Å². The zero-order chi connectivity index (χ0) is 15.3. The number of hydrogen-bond donors (Lipinski definition) is 3. The molecule has 0 aliphatic carbocycles. The van der Waals surface area contributed by atoms with Gasteiger partial charge in [-0.05, 0) is 36.6 Å². The van der Waals surface area contributed by atoms with Gasteiger partial charge in [0.1, 0.15) is 11.8 Å². The Hall–Kier alpha value is -2.24. The van der Waals surface area contributed by atoms with Crippen LogP contribution in [0.25, 0.3) is 0 Å². The van der Waals surface area contributed by atoms with Gasteiger partial charge in [-0.15, -0.1) is 0 Å². The Morgan fingerprint density at radius 3 is 2.25 bits per heavy atom. The van der Waals surface area contributed by atoms with Crippen LogP contribution in [0.5, 0.6) is 5.75 Å². The van der Waals surface area contributed by atoms with E-state index >= 15 is 0 Å². The van der Waals surface area contributed by atoms with Crippen LogP contribution in [0.3, 0.4) is 0 Å². The molecule has 1 rings (SSSR count). The van der Waals surface area contributed by atoms with E-state index in [-0.39, 0.29) is 11.7 Å². The number of benzene rings is 1. The van der Waals surface area contributed by atoms with Gasteiger partial charge in [0.2, 0.25) is 0 Å². The molecule has 0 spiro atoms. The number of carbonyl (C=O) groups is 2. The molecule has 0 aliphatic heterocycles. The van der Waals surface area contributed by atoms with Crippen molar-refractivity contribution in [1.82, 2.24) is 5.32 Å². The highest BCUT2D eigenvalue weighted by atomic mass is 16.4. The Bertz CT molecular complexity index is 471. The lowest BCUT2D eigenvalue weighted by Crippen LogP contribution is -2.47. The minimum atomic E-state index is -1.05. The summed E-state index contributed by atoms with van der Waals surface area (Å²) < 4.78 is 0. The molecule has 0 aromatic heterocycles. The standard InChI is InChI=1S/C14H20N2O4/c1-9(2)8-12(13(18)19)15-14(20)16(3)10-4-6-11(17)7-5-10/h4-7,9,12,17H,8H2,1-3H3,(H,15,20)(H,18,19). The van der Waals surface area contributed by atoms with Crippen molar-refractivity contribution in [2.45, 2.75) is 26.3 Å². The first-order valence-electron chi connectivity index (χ1n) is 6.37. The SMILES string of the molecule is CC(C)CC(NC(=O)N(C)c1ccc(O)cc1)C(=O)O. The van der Waals surface area contributed by atoms with Gasteiger partial charge < -0.3 is 15.5 Å². The Labute approximate surface area is 118 Å². The van der Waals surface area contributed by atoms with Gasteiger partial charge in [-0.1, -0.05) is 13.8 Å². The molecule has 0 saturated heterocycles. The number of carbonyl (C=O) groups excluding carboxylic acids is 1. The van der Waals surface area contributed by atoms with E-state index in [0.717, 1.165) is 0 Å². The lowest BCUT2D eigenvalue weighted by Gasteiger charge is -2.22. The number of hydrogen-bond acceptors (Lipinski definition) is 3. The summed E-state index contributed by atoms with van der Waals surface area (Å²) in [6.07, 6.45) is 0.366. The van der Waals surface area contributed by atoms with Crippen LogP contribution in [-0.2, 0) is 4.79 Å². The molecule has 1 aromatic rings. The number of aliphatic carboxylic acids is 1. The van der Waals surface area contributed by atoms with Gasteiger partial charge in [-0.3, -0.25) is 4.90 Å². The number of phenolic OH excluding ortho intramolecular Hbond substituents is 1. The van der Waals surface area contributed by atoms with Gasteiger partial charge in [-0.2, -0.15) is 0 Å². The van der Waals surface area contributed by atoms with Crippen molar-refractivity contribution in [3.63, 3.8) is 0 Å². The Balaban J connectivity index is 2.73. The third-order valence-electron chi connectivity index (χ3n) is 2.84. The molecule has 0 fully saturated rings. The molecule has 0 bridgehead atoms. The highest BCUT2D eigenvalue weighted by Crippen LogP contribution is 2.17. The molecule has 0 aliphatic rings. The highest BCUT2D eigenvalue weighted by Gasteiger charge is 2.23. The lowest BCUT2D eigenvalue weighted by molar-refractivity contribution is -0.139. The fourth-order valence-electron chi connectivity index (χ4n) is 1.73. The van der Waals surface area contributed by atoms with E-state index in [1.807, 2.05) is 13.8 Å². The summed E-state index contributed by atoms with van der Waals surface area (Å²) in [5.74, 6) is -0.785. The maximum absolute atomic E-state index is 12.0. The molecule has 20 heavy (non-hydrogen) atoms. The van der Waals surface area contributed by atoms with Crippen molar-refractivity contribution < 1.29 is 19.8 Å². The predicted octanol–water partition coefficient (Wildman–Crippen LogP) is 2.04. The molecular formula is C14H20N2O4. The molecule has 2 amide bonds. The van der Waals surface area contributed by atoms with Crippen molar-refractivity contribution in [2.24, 2.45) is 5.92 Å². The van der Waals surface area contributed by atoms with Crippen LogP contribution in [0.1, 0.15) is 20.3 Å². The highest BCUT2D eigenvalue weighted by molar-refractivity contribution is 5.94. The normalized spacial score (nSPS) is 12.0. The maximum atomic E-state index is 12.0. The molecular weight excluding hydrogens is 260 g/mol. The second-order valence-corrected chi connectivity index (χ2v) is 5.05. The van der Waals surface area contributed by atoms with Crippen LogP contribution >= 0.6 is 0 Å². The molecule has 0 saturated carbocycles. The number of urea groups is 1. The molecule has 1 unspecified atom stereocenters. The zero-order valence-corrected chi connectivity index (χ0v) is 11.8. The van der Waals surface area contributed by atoms with Gasteiger partial charge in [0, 0.05) is 12.7 Å². The van der Waals surface area contributed by atoms with E-state index in [2.05, 4.69) is 5.32 Å². The monoisotopic (exact) mass is 280 g/mol. The fourth-order valence-corrected chi connectivity index (χ4v) is 1.73. The summed E-state index contributed by atoms with van der Waals surface area (Å²) in [5, 5.41) is 20.8. The van der Waals surface area contributed by atoms with Crippen molar-refractivity contribution in [3.8, 4) is 5.75 Å². The van der Waals surface area contributed by atoms with E-state index in [1.54, 1.807) is 12.1 Å². The summed E-state index contributed by atoms with van der Waals surface area (Å²) >= 11 is 0. The molecule has 6 nitrogen and oxygen atoms in total. The second-order valence-electron chi connectivity index (χ2n) is 5.05. The van der Waals surface area contributed by atoms with Crippen LogP contribution in [0.15, 0.2) is 24.3 Å². The number of anilines is 1. The quantitative estimate of drug-likeness (QED) is 0.770. The second kappa shape index (κ2) is 6.79. The topological polar surface area (TPSA) is 89.9 Å². The number of rotatable bonds is 5. The largest absolute Gasteiger partial charge is 0.508 e. The van der Waals surface area contributed by atoms with Crippen molar-refractivity contribution in [2.75, 3.05) is 11.9 Å². The third-order valence-corrected chi connectivity index (χ3v) is 2.84. The van der Waals surface area contributed by atoms with Crippen molar-refractivity contribution in [1.29, 1.82) is 0 Å². The summed E-state index contributed by atoms with van der Waals surface area (Å²) in [7, 11) is 1.54. The van der Waals surface area contributed by atoms with E-state index in [9.17, 15) is 14.7 Å². The molecule has 1 aromatic carbocycles. The Kier molecular flexibility index (Phi) is 5.37. The number of nitrogens with zero attached hydrogens (tertiary/aromatic N) is 1. The summed E-state index contributed by atoms with van der Waals surface area (Å²) in [6.45, 7) is 3.79. The molecule has 0 heterocycles. The fraction of sp³-hybridized carbons (Fsp3) is 0.429. The first kappa shape index (κ1) is 15.8. The number of amides is 2. The van der Waals surface area contributed by atoms with Gasteiger partial charge in [0.15, 0.2) is 0 Å². The molecule has 1 atom stereocenters. The molecule has 6 heteroatoms. The van der Waals surface area contributed by atoms with Gasteiger partial charge in [-0.25, -0.2) is 9.59 Å². The average molecular weight is 280 g/mol. The van der Waals surface area contributed by atoms with E-state index in [1.165, 1.54) is 24.1 Å². The number of phenols is 1. The molecule has 3 N–H and O–H groups in total. The van der Waals surface area contributed by atoms with Crippen molar-refractivity contribution >= 4 is 17.7 Å². The van der Waals surface area contributed by atoms with Crippen molar-refractivity contribution in [3.05, 3.63) is 24.3 Å². The average Bonchev–Trinajstić information content (AvgIpc) is 2.37. The van der Waals surface area contributed by atoms with Gasteiger partial charge in [0.05, 0.1) is 0 Å². The zero-order valence-electron chi connectivity index (χ0n) is 11.8. The molecule has 0 radical (unpaired) electrons. The van der Waals surface area contributed by atoms with E-state index in [4.69, 9.17) is 5.11 Å². The van der Waals surface area contributed by atoms with Crippen LogP contribution in [0.4, 0.5) is 10.5 Å². The summed E-state index contributed by atoms with van der Waals surface area (Å²) in [5.41, 5.74) is 0.564. The van der Waals surface area contributed by atoms with Crippen LogP contribution < -0.4 is 10.2 Å². The molecule has 110 valence electrons. The number of nitrogens with one attached hydrogen (secondary N) is 1.